The van der Waals surface area contributed by atoms with Crippen LogP contribution in [0.3, 0.4) is 0 Å². The van der Waals surface area contributed by atoms with E-state index in [1.165, 1.54) is 0 Å². The van der Waals surface area contributed by atoms with Gasteiger partial charge < -0.3 is 10.0 Å². The summed E-state index contributed by atoms with van der Waals surface area (Å²) in [6.07, 6.45) is 1.72. The Kier molecular flexibility index (Phi) is 5.43. The average Bonchev–Trinajstić information content (AvgIpc) is 2.47. The molecule has 1 heterocycles. The van der Waals surface area contributed by atoms with E-state index in [1.54, 1.807) is 6.21 Å². The molecular formula is C16H21N5O. The van der Waals surface area contributed by atoms with Gasteiger partial charge in [-0.1, -0.05) is 12.1 Å². The predicted molar refractivity (Wildman–Crippen MR) is 89.5 cm³/mol. The molecule has 2 N–H and O–H groups in total. The van der Waals surface area contributed by atoms with Gasteiger partial charge in [0.05, 0.1) is 12.8 Å². The van der Waals surface area contributed by atoms with Gasteiger partial charge in [-0.25, -0.2) is 15.4 Å². The highest BCUT2D eigenvalue weighted by molar-refractivity contribution is 5.80. The summed E-state index contributed by atoms with van der Waals surface area (Å²) in [5.74, 6) is 0.494. The van der Waals surface area contributed by atoms with E-state index in [0.29, 0.717) is 12.5 Å². The predicted octanol–water partition coefficient (Wildman–Crippen LogP) is 1.97. The third-order valence-electron chi connectivity index (χ3n) is 3.13. The molecule has 6 nitrogen and oxygen atoms in total. The molecule has 0 aliphatic heterocycles. The molecule has 0 fully saturated rings. The fourth-order valence-electron chi connectivity index (χ4n) is 2.03. The number of anilines is 2. The summed E-state index contributed by atoms with van der Waals surface area (Å²) in [7, 11) is 1.94. The molecule has 0 bridgehead atoms. The van der Waals surface area contributed by atoms with Crippen LogP contribution in [0.15, 0.2) is 35.4 Å². The molecule has 0 spiro atoms. The van der Waals surface area contributed by atoms with Crippen molar-refractivity contribution in [1.29, 1.82) is 0 Å². The van der Waals surface area contributed by atoms with E-state index >= 15 is 0 Å². The van der Waals surface area contributed by atoms with E-state index in [1.807, 2.05) is 56.1 Å². The number of hydrazone groups is 1. The molecule has 0 aliphatic rings. The van der Waals surface area contributed by atoms with E-state index < -0.39 is 0 Å². The van der Waals surface area contributed by atoms with Crippen molar-refractivity contribution in [3.8, 4) is 0 Å². The molecule has 1 aromatic carbocycles. The van der Waals surface area contributed by atoms with Gasteiger partial charge in [-0.05, 0) is 37.6 Å². The standard InChI is InChI=1S/C16H21N5O/c1-12-10-13(2)19-16(18-12)20-17-11-14-4-6-15(7-5-14)21(3)8-9-22/h4-7,10-11,22H,8-9H2,1-3H3,(H,18,19,20)/b17-11+. The van der Waals surface area contributed by atoms with Gasteiger partial charge >= 0.3 is 0 Å². The van der Waals surface area contributed by atoms with Crippen LogP contribution in [-0.2, 0) is 0 Å². The minimum absolute atomic E-state index is 0.138. The van der Waals surface area contributed by atoms with Crippen molar-refractivity contribution in [2.45, 2.75) is 13.8 Å². The third-order valence-corrected chi connectivity index (χ3v) is 3.13. The molecule has 22 heavy (non-hydrogen) atoms. The van der Waals surface area contributed by atoms with E-state index in [0.717, 1.165) is 22.6 Å². The van der Waals surface area contributed by atoms with Crippen molar-refractivity contribution < 1.29 is 5.11 Å². The summed E-state index contributed by atoms with van der Waals surface area (Å²) in [4.78, 5) is 10.5. The van der Waals surface area contributed by atoms with Crippen molar-refractivity contribution in [1.82, 2.24) is 9.97 Å². The Morgan fingerprint density at radius 1 is 1.18 bits per heavy atom. The maximum atomic E-state index is 8.93. The smallest absolute Gasteiger partial charge is 0.243 e. The number of nitrogens with one attached hydrogen (secondary N) is 1. The highest BCUT2D eigenvalue weighted by atomic mass is 16.3. The van der Waals surface area contributed by atoms with Crippen LogP contribution in [0.5, 0.6) is 0 Å². The van der Waals surface area contributed by atoms with Gasteiger partial charge in [0.1, 0.15) is 0 Å². The lowest BCUT2D eigenvalue weighted by molar-refractivity contribution is 0.304. The number of aliphatic hydroxyl groups is 1. The summed E-state index contributed by atoms with van der Waals surface area (Å²) in [5, 5.41) is 13.1. The van der Waals surface area contributed by atoms with Gasteiger partial charge in [0.2, 0.25) is 5.95 Å². The summed E-state index contributed by atoms with van der Waals surface area (Å²) < 4.78 is 0. The Morgan fingerprint density at radius 2 is 1.82 bits per heavy atom. The van der Waals surface area contributed by atoms with Crippen molar-refractivity contribution in [3.63, 3.8) is 0 Å². The lowest BCUT2D eigenvalue weighted by Crippen LogP contribution is -2.20. The van der Waals surface area contributed by atoms with E-state index in [4.69, 9.17) is 5.11 Å². The van der Waals surface area contributed by atoms with Gasteiger partial charge in [0.15, 0.2) is 0 Å². The monoisotopic (exact) mass is 299 g/mol. The Bertz CT molecular complexity index is 619. The van der Waals surface area contributed by atoms with E-state index in [9.17, 15) is 0 Å². The SMILES string of the molecule is Cc1cc(C)nc(N/N=C/c2ccc(N(C)CCO)cc2)n1. The summed E-state index contributed by atoms with van der Waals surface area (Å²) in [6, 6.07) is 9.83. The third kappa shape index (κ3) is 4.53. The minimum Gasteiger partial charge on any atom is -0.395 e. The molecule has 0 saturated heterocycles. The highest BCUT2D eigenvalue weighted by Crippen LogP contribution is 2.12. The lowest BCUT2D eigenvalue weighted by atomic mass is 10.2. The first-order valence-corrected chi connectivity index (χ1v) is 7.12. The highest BCUT2D eigenvalue weighted by Gasteiger charge is 1.99. The van der Waals surface area contributed by atoms with Gasteiger partial charge in [-0.15, -0.1) is 0 Å². The molecule has 116 valence electrons. The zero-order chi connectivity index (χ0) is 15.9. The fourth-order valence-corrected chi connectivity index (χ4v) is 2.03. The maximum absolute atomic E-state index is 8.93. The van der Waals surface area contributed by atoms with Crippen LogP contribution in [0.4, 0.5) is 11.6 Å². The van der Waals surface area contributed by atoms with E-state index in [2.05, 4.69) is 20.5 Å². The number of nitrogens with zero attached hydrogens (tertiary/aromatic N) is 4. The Morgan fingerprint density at radius 3 is 2.41 bits per heavy atom. The van der Waals surface area contributed by atoms with Crippen LogP contribution < -0.4 is 10.3 Å². The second-order valence-corrected chi connectivity index (χ2v) is 5.08. The molecule has 0 atom stereocenters. The largest absolute Gasteiger partial charge is 0.395 e. The van der Waals surface area contributed by atoms with Gasteiger partial charge in [-0.2, -0.15) is 5.10 Å². The van der Waals surface area contributed by atoms with Crippen LogP contribution in [0.2, 0.25) is 0 Å². The van der Waals surface area contributed by atoms with Crippen LogP contribution in [0.25, 0.3) is 0 Å². The van der Waals surface area contributed by atoms with Crippen molar-refractivity contribution >= 4 is 17.9 Å². The number of aliphatic hydroxyl groups excluding tert-OH is 1. The second-order valence-electron chi connectivity index (χ2n) is 5.08. The van der Waals surface area contributed by atoms with Gasteiger partial charge in [0.25, 0.3) is 0 Å². The zero-order valence-corrected chi connectivity index (χ0v) is 13.1. The molecule has 0 saturated carbocycles. The first kappa shape index (κ1) is 15.9. The molecule has 2 rings (SSSR count). The fraction of sp³-hybridized carbons (Fsp3) is 0.312. The molecule has 0 radical (unpaired) electrons. The first-order chi connectivity index (χ1) is 10.6. The zero-order valence-electron chi connectivity index (χ0n) is 13.1. The maximum Gasteiger partial charge on any atom is 0.243 e. The quantitative estimate of drug-likeness (QED) is 0.630. The summed E-state index contributed by atoms with van der Waals surface area (Å²) >= 11 is 0. The number of rotatable bonds is 6. The molecule has 6 heteroatoms. The van der Waals surface area contributed by atoms with Crippen molar-refractivity contribution in [3.05, 3.63) is 47.3 Å². The van der Waals surface area contributed by atoms with Crippen LogP contribution in [0, 0.1) is 13.8 Å². The number of hydrogen-bond donors (Lipinski definition) is 2. The van der Waals surface area contributed by atoms with Gasteiger partial charge in [-0.3, -0.25) is 0 Å². The molecule has 0 aliphatic carbocycles. The molecule has 2 aromatic rings. The lowest BCUT2D eigenvalue weighted by Gasteiger charge is -2.17. The van der Waals surface area contributed by atoms with Crippen LogP contribution in [0.1, 0.15) is 17.0 Å². The number of aryl methyl sites for hydroxylation is 2. The van der Waals surface area contributed by atoms with Crippen molar-refractivity contribution in [2.75, 3.05) is 30.5 Å². The molecular weight excluding hydrogens is 278 g/mol. The normalized spacial score (nSPS) is 10.9. The summed E-state index contributed by atoms with van der Waals surface area (Å²) in [6.45, 7) is 4.59. The topological polar surface area (TPSA) is 73.6 Å². The number of aromatic nitrogens is 2. The second kappa shape index (κ2) is 7.51. The average molecular weight is 299 g/mol. The van der Waals surface area contributed by atoms with E-state index in [-0.39, 0.29) is 6.61 Å². The van der Waals surface area contributed by atoms with Gasteiger partial charge in [0, 0.05) is 30.7 Å². The summed E-state index contributed by atoms with van der Waals surface area (Å²) in [5.41, 5.74) is 6.67. The van der Waals surface area contributed by atoms with Crippen molar-refractivity contribution in [2.24, 2.45) is 5.10 Å². The molecule has 1 aromatic heterocycles. The minimum atomic E-state index is 0.138. The Balaban J connectivity index is 1.98. The number of likely N-dealkylation sites (N-methyl/N-ethyl adjacent to an activating group) is 1. The Labute approximate surface area is 130 Å². The Hall–Kier alpha value is -2.47. The van der Waals surface area contributed by atoms with Crippen LogP contribution >= 0.6 is 0 Å². The van der Waals surface area contributed by atoms with Crippen LogP contribution in [-0.4, -0.2) is 41.5 Å². The number of benzene rings is 1. The number of hydrogen-bond acceptors (Lipinski definition) is 6. The first-order valence-electron chi connectivity index (χ1n) is 7.12. The molecule has 0 unspecified atom stereocenters. The molecule has 0 amide bonds.